The Labute approximate surface area is 375 Å². The zero-order chi connectivity index (χ0) is 45.4. The van der Waals surface area contributed by atoms with E-state index in [4.69, 9.17) is 18.5 Å². The highest BCUT2D eigenvalue weighted by Crippen LogP contribution is 2.28. The van der Waals surface area contributed by atoms with Gasteiger partial charge in [0.1, 0.15) is 11.5 Å². The molecule has 340 valence electrons. The number of nitrogens with zero attached hydrogens (tertiary/aromatic N) is 8. The van der Waals surface area contributed by atoms with E-state index in [0.29, 0.717) is 46.9 Å². The maximum atomic E-state index is 11.6. The molecule has 0 unspecified atom stereocenters. The molecule has 2 fully saturated rings. The normalized spacial score (nSPS) is 15.3. The Morgan fingerprint density at radius 2 is 0.922 bits per heavy atom. The molecule has 2 aromatic carbocycles. The molecule has 16 nitrogen and oxygen atoms in total. The summed E-state index contributed by atoms with van der Waals surface area (Å²) < 4.78 is 69.1. The first-order chi connectivity index (χ1) is 30.6. The molecular weight excluding hydrogens is 857 g/mol. The van der Waals surface area contributed by atoms with E-state index in [1.165, 1.54) is 12.5 Å². The van der Waals surface area contributed by atoms with Gasteiger partial charge in [-0.2, -0.15) is 9.97 Å². The maximum absolute atomic E-state index is 11.6. The van der Waals surface area contributed by atoms with E-state index in [0.717, 1.165) is 97.5 Å². The van der Waals surface area contributed by atoms with Gasteiger partial charge in [0.25, 0.3) is 0 Å². The third kappa shape index (κ3) is 12.2. The molecule has 2 saturated heterocycles. The van der Waals surface area contributed by atoms with Crippen molar-refractivity contribution < 1.29 is 35.4 Å². The molecule has 0 saturated carbocycles. The minimum atomic E-state index is -3.20. The van der Waals surface area contributed by atoms with E-state index < -0.39 is 19.7 Å². The highest BCUT2D eigenvalue weighted by Gasteiger charge is 2.26. The minimum Gasteiger partial charge on any atom is -0.492 e. The van der Waals surface area contributed by atoms with E-state index in [-0.39, 0.29) is 11.8 Å². The van der Waals surface area contributed by atoms with Crippen LogP contribution in [-0.2, 0) is 19.7 Å². The second-order valence-electron chi connectivity index (χ2n) is 17.0. The number of pyridine rings is 2. The molecule has 0 radical (unpaired) electrons. The van der Waals surface area contributed by atoms with Crippen LogP contribution in [0.5, 0.6) is 11.5 Å². The predicted octanol–water partition coefficient (Wildman–Crippen LogP) is 7.91. The van der Waals surface area contributed by atoms with Crippen molar-refractivity contribution >= 4 is 31.7 Å². The number of piperidine rings is 2. The van der Waals surface area contributed by atoms with Gasteiger partial charge < -0.3 is 28.3 Å². The SMILES string of the molecule is CC(C)c1noc(N2CCC(COc3ccc(-c4ccc(S(C)(=O)=O)cc4)nc3)CC2)n1.CC(C)c1noc(N2CCC(COc3ccc(-c4ccc(S(C)(=O)=O)cc4)nc3)CC2)n1. The van der Waals surface area contributed by atoms with Crippen molar-refractivity contribution in [3.8, 4) is 34.0 Å². The summed E-state index contributed by atoms with van der Waals surface area (Å²) in [5, 5.41) is 8.09. The number of hydrogen-bond donors (Lipinski definition) is 0. The quantitative estimate of drug-likeness (QED) is 0.102. The van der Waals surface area contributed by atoms with Crippen LogP contribution in [0, 0.1) is 11.8 Å². The first kappa shape index (κ1) is 46.1. The lowest BCUT2D eigenvalue weighted by Gasteiger charge is -2.30. The lowest BCUT2D eigenvalue weighted by atomic mass is 9.98. The first-order valence-electron chi connectivity index (χ1n) is 21.5. The summed E-state index contributed by atoms with van der Waals surface area (Å²) in [7, 11) is -6.41. The smallest absolute Gasteiger partial charge is 0.324 e. The monoisotopic (exact) mass is 912 g/mol. The van der Waals surface area contributed by atoms with Crippen LogP contribution >= 0.6 is 0 Å². The second-order valence-corrected chi connectivity index (χ2v) is 21.0. The van der Waals surface area contributed by atoms with Crippen LogP contribution in [-0.4, -0.2) is 99.0 Å². The fourth-order valence-electron chi connectivity index (χ4n) is 7.21. The third-order valence-corrected chi connectivity index (χ3v) is 13.5. The van der Waals surface area contributed by atoms with Gasteiger partial charge >= 0.3 is 12.0 Å². The van der Waals surface area contributed by atoms with Gasteiger partial charge in [-0.1, -0.05) is 62.3 Å². The van der Waals surface area contributed by atoms with Crippen molar-refractivity contribution in [1.82, 2.24) is 30.2 Å². The van der Waals surface area contributed by atoms with Crippen LogP contribution in [0.3, 0.4) is 0 Å². The topological polar surface area (TPSA) is 197 Å². The van der Waals surface area contributed by atoms with Crippen molar-refractivity contribution in [1.29, 1.82) is 0 Å². The van der Waals surface area contributed by atoms with Gasteiger partial charge in [-0.3, -0.25) is 9.97 Å². The van der Waals surface area contributed by atoms with Crippen LogP contribution in [0.25, 0.3) is 22.5 Å². The van der Waals surface area contributed by atoms with Gasteiger partial charge in [-0.15, -0.1) is 0 Å². The van der Waals surface area contributed by atoms with Crippen molar-refractivity contribution in [3.05, 3.63) is 96.8 Å². The fraction of sp³-hybridized carbons (Fsp3) is 0.435. The molecule has 0 atom stereocenters. The highest BCUT2D eigenvalue weighted by molar-refractivity contribution is 7.91. The van der Waals surface area contributed by atoms with Crippen LogP contribution < -0.4 is 19.3 Å². The molecule has 2 aliphatic heterocycles. The molecule has 0 spiro atoms. The number of rotatable bonds is 14. The van der Waals surface area contributed by atoms with E-state index >= 15 is 0 Å². The average molecular weight is 913 g/mol. The van der Waals surface area contributed by atoms with Crippen molar-refractivity contribution in [2.75, 3.05) is 61.7 Å². The molecular formula is C46H56N8O8S2. The summed E-state index contributed by atoms with van der Waals surface area (Å²) in [5.74, 6) is 4.37. The minimum absolute atomic E-state index is 0.255. The van der Waals surface area contributed by atoms with Crippen molar-refractivity contribution in [3.63, 3.8) is 0 Å². The van der Waals surface area contributed by atoms with Crippen LogP contribution in [0.4, 0.5) is 12.0 Å². The molecule has 6 heterocycles. The molecule has 8 rings (SSSR count). The highest BCUT2D eigenvalue weighted by atomic mass is 32.2. The Balaban J connectivity index is 0.000000191. The first-order valence-corrected chi connectivity index (χ1v) is 25.3. The maximum Gasteiger partial charge on any atom is 0.324 e. The van der Waals surface area contributed by atoms with Crippen molar-refractivity contribution in [2.24, 2.45) is 11.8 Å². The summed E-state index contributed by atoms with van der Waals surface area (Å²) in [6.45, 7) is 13.0. The van der Waals surface area contributed by atoms with Crippen LogP contribution in [0.15, 0.2) is 104 Å². The number of anilines is 2. The molecule has 0 N–H and O–H groups in total. The Kier molecular flexibility index (Phi) is 14.6. The van der Waals surface area contributed by atoms with Gasteiger partial charge in [0.05, 0.1) is 46.8 Å². The van der Waals surface area contributed by atoms with Gasteiger partial charge in [0.15, 0.2) is 31.3 Å². The largest absolute Gasteiger partial charge is 0.492 e. The summed E-state index contributed by atoms with van der Waals surface area (Å²) in [6, 6.07) is 22.2. The Morgan fingerprint density at radius 3 is 1.20 bits per heavy atom. The summed E-state index contributed by atoms with van der Waals surface area (Å²) in [6.07, 6.45) is 9.81. The van der Waals surface area contributed by atoms with Gasteiger partial charge in [0, 0.05) is 61.7 Å². The molecule has 64 heavy (non-hydrogen) atoms. The zero-order valence-electron chi connectivity index (χ0n) is 37.1. The fourth-order valence-corrected chi connectivity index (χ4v) is 8.47. The standard InChI is InChI=1S/2C23H28N4O4S/c2*1-16(2)22-25-23(31-26-22)27-12-10-17(11-13-27)15-30-19-6-9-21(24-14-19)18-4-7-20(8-5-18)32(3,28)29/h2*4-9,14,16-17H,10-13,15H2,1-3H3. The molecule has 4 aromatic heterocycles. The Bertz CT molecular complexity index is 2450. The number of benzene rings is 2. The Hall–Kier alpha value is -5.88. The molecule has 2 aliphatic rings. The second kappa shape index (κ2) is 20.3. The van der Waals surface area contributed by atoms with Gasteiger partial charge in [0.2, 0.25) is 0 Å². The molecule has 18 heteroatoms. The van der Waals surface area contributed by atoms with E-state index in [2.05, 4.69) is 40.0 Å². The summed E-state index contributed by atoms with van der Waals surface area (Å²) in [5.41, 5.74) is 3.26. The molecule has 0 bridgehead atoms. The molecule has 0 aliphatic carbocycles. The van der Waals surface area contributed by atoms with Gasteiger partial charge in [-0.05, 0) is 86.1 Å². The molecule has 0 amide bonds. The van der Waals surface area contributed by atoms with Gasteiger partial charge in [-0.25, -0.2) is 16.8 Å². The predicted molar refractivity (Wildman–Crippen MR) is 243 cm³/mol. The van der Waals surface area contributed by atoms with E-state index in [1.54, 1.807) is 60.9 Å². The molecule has 6 aromatic rings. The zero-order valence-corrected chi connectivity index (χ0v) is 38.8. The van der Waals surface area contributed by atoms with Crippen LogP contribution in [0.1, 0.15) is 76.9 Å². The third-order valence-electron chi connectivity index (χ3n) is 11.3. The Morgan fingerprint density at radius 1 is 0.562 bits per heavy atom. The lowest BCUT2D eigenvalue weighted by Crippen LogP contribution is -2.35. The lowest BCUT2D eigenvalue weighted by molar-refractivity contribution is 0.219. The number of aromatic nitrogens is 6. The van der Waals surface area contributed by atoms with Crippen molar-refractivity contribution in [2.45, 2.75) is 75.0 Å². The number of sulfone groups is 2. The summed E-state index contributed by atoms with van der Waals surface area (Å²) in [4.78, 5) is 22.8. The average Bonchev–Trinajstić information content (AvgIpc) is 4.01. The summed E-state index contributed by atoms with van der Waals surface area (Å²) >= 11 is 0. The van der Waals surface area contributed by atoms with E-state index in [9.17, 15) is 16.8 Å². The number of ether oxygens (including phenoxy) is 2. The van der Waals surface area contributed by atoms with Crippen LogP contribution in [0.2, 0.25) is 0 Å². The van der Waals surface area contributed by atoms with E-state index in [1.807, 2.05) is 52.0 Å². The number of hydrogen-bond acceptors (Lipinski definition) is 16.